The molecule has 1 aliphatic heterocycles. The van der Waals surface area contributed by atoms with Crippen LogP contribution in [0.5, 0.6) is 11.5 Å². The molecule has 0 aromatic heterocycles. The first-order valence-electron chi connectivity index (χ1n) is 7.46. The predicted molar refractivity (Wildman–Crippen MR) is 88.9 cm³/mol. The van der Waals surface area contributed by atoms with Crippen LogP contribution in [-0.2, 0) is 0 Å². The summed E-state index contributed by atoms with van der Waals surface area (Å²) in [5, 5.41) is 4.42. The Kier molecular flexibility index (Phi) is 4.29. The van der Waals surface area contributed by atoms with E-state index in [1.54, 1.807) is 14.2 Å². The molecule has 1 aromatic carbocycles. The minimum atomic E-state index is 0.178. The lowest BCUT2D eigenvalue weighted by molar-refractivity contribution is 0.335. The second-order valence-corrected chi connectivity index (χ2v) is 6.65. The fourth-order valence-electron chi connectivity index (χ4n) is 3.04. The van der Waals surface area contributed by atoms with Gasteiger partial charge in [-0.05, 0) is 25.0 Å². The van der Waals surface area contributed by atoms with Gasteiger partial charge < -0.3 is 14.8 Å². The molecule has 0 bridgehead atoms. The van der Waals surface area contributed by atoms with E-state index in [2.05, 4.69) is 5.32 Å². The normalized spacial score (nSPS) is 20.2. The van der Waals surface area contributed by atoms with Gasteiger partial charge in [0.1, 0.15) is 11.5 Å². The van der Waals surface area contributed by atoms with Crippen molar-refractivity contribution in [3.63, 3.8) is 0 Å². The Morgan fingerprint density at radius 2 is 1.95 bits per heavy atom. The standard InChI is InChI=1S/C16H22N2O2S/c1-19-12-6-7-14(20-2)13(10-12)17-15-18-16(11-21-15)8-4-3-5-9-16/h6-7,10H,3-5,8-9,11H2,1-2H3,(H,17,18). The highest BCUT2D eigenvalue weighted by Crippen LogP contribution is 2.40. The minimum Gasteiger partial charge on any atom is -0.497 e. The minimum absolute atomic E-state index is 0.178. The first-order chi connectivity index (χ1) is 10.2. The van der Waals surface area contributed by atoms with Crippen LogP contribution in [0.3, 0.4) is 0 Å². The zero-order chi connectivity index (χ0) is 14.7. The molecule has 1 saturated carbocycles. The third-order valence-electron chi connectivity index (χ3n) is 4.25. The fraction of sp³-hybridized carbons (Fsp3) is 0.562. The maximum Gasteiger partial charge on any atom is 0.161 e. The highest BCUT2D eigenvalue weighted by Gasteiger charge is 2.36. The molecule has 1 aliphatic carbocycles. The first-order valence-corrected chi connectivity index (χ1v) is 8.45. The van der Waals surface area contributed by atoms with Gasteiger partial charge in [-0.1, -0.05) is 31.0 Å². The number of hydrogen-bond donors (Lipinski definition) is 1. The number of aliphatic imine (C=N–C) groups is 1. The predicted octanol–water partition coefficient (Wildman–Crippen LogP) is 3.92. The Morgan fingerprint density at radius 1 is 1.14 bits per heavy atom. The largest absolute Gasteiger partial charge is 0.497 e. The van der Waals surface area contributed by atoms with Crippen molar-refractivity contribution in [1.29, 1.82) is 0 Å². The number of hydrogen-bond acceptors (Lipinski definition) is 5. The zero-order valence-corrected chi connectivity index (χ0v) is 13.5. The molecule has 1 N–H and O–H groups in total. The average molecular weight is 306 g/mol. The number of ether oxygens (including phenoxy) is 2. The smallest absolute Gasteiger partial charge is 0.161 e. The lowest BCUT2D eigenvalue weighted by Crippen LogP contribution is -2.29. The summed E-state index contributed by atoms with van der Waals surface area (Å²) in [6.45, 7) is 0. The van der Waals surface area contributed by atoms with Crippen molar-refractivity contribution < 1.29 is 9.47 Å². The third kappa shape index (κ3) is 3.12. The van der Waals surface area contributed by atoms with Crippen LogP contribution < -0.4 is 14.8 Å². The van der Waals surface area contributed by atoms with Crippen molar-refractivity contribution in [2.45, 2.75) is 37.6 Å². The lowest BCUT2D eigenvalue weighted by Gasteiger charge is -2.29. The number of rotatable bonds is 3. The number of methoxy groups -OCH3 is 2. The van der Waals surface area contributed by atoms with Gasteiger partial charge in [0.25, 0.3) is 0 Å². The summed E-state index contributed by atoms with van der Waals surface area (Å²) in [5.41, 5.74) is 1.09. The highest BCUT2D eigenvalue weighted by atomic mass is 32.2. The van der Waals surface area contributed by atoms with Gasteiger partial charge in [-0.15, -0.1) is 0 Å². The van der Waals surface area contributed by atoms with Crippen molar-refractivity contribution in [2.24, 2.45) is 4.99 Å². The van der Waals surface area contributed by atoms with Crippen LogP contribution in [0.1, 0.15) is 32.1 Å². The molecule has 0 amide bonds. The molecular weight excluding hydrogens is 284 g/mol. The van der Waals surface area contributed by atoms with Crippen molar-refractivity contribution in [3.05, 3.63) is 18.2 Å². The van der Waals surface area contributed by atoms with Gasteiger partial charge >= 0.3 is 0 Å². The Balaban J connectivity index is 1.79. The van der Waals surface area contributed by atoms with Crippen molar-refractivity contribution in [1.82, 2.24) is 0 Å². The van der Waals surface area contributed by atoms with E-state index < -0.39 is 0 Å². The van der Waals surface area contributed by atoms with Crippen LogP contribution in [0.4, 0.5) is 5.69 Å². The van der Waals surface area contributed by atoms with E-state index >= 15 is 0 Å². The molecule has 5 heteroatoms. The molecule has 1 fully saturated rings. The van der Waals surface area contributed by atoms with E-state index in [1.807, 2.05) is 30.0 Å². The Morgan fingerprint density at radius 3 is 2.67 bits per heavy atom. The summed E-state index contributed by atoms with van der Waals surface area (Å²) in [7, 11) is 3.35. The van der Waals surface area contributed by atoms with E-state index in [1.165, 1.54) is 32.1 Å². The second kappa shape index (κ2) is 6.18. The van der Waals surface area contributed by atoms with Gasteiger partial charge in [-0.2, -0.15) is 0 Å². The monoisotopic (exact) mass is 306 g/mol. The maximum absolute atomic E-state index is 5.41. The first kappa shape index (κ1) is 14.6. The summed E-state index contributed by atoms with van der Waals surface area (Å²) < 4.78 is 10.7. The van der Waals surface area contributed by atoms with E-state index in [0.29, 0.717) is 0 Å². The fourth-order valence-corrected chi connectivity index (χ4v) is 4.24. The summed E-state index contributed by atoms with van der Waals surface area (Å²) >= 11 is 1.82. The molecule has 3 rings (SSSR count). The molecule has 1 spiro atoms. The quantitative estimate of drug-likeness (QED) is 0.919. The van der Waals surface area contributed by atoms with Gasteiger partial charge in [0.2, 0.25) is 0 Å². The molecular formula is C16H22N2O2S. The van der Waals surface area contributed by atoms with Crippen LogP contribution in [0.15, 0.2) is 23.2 Å². The van der Waals surface area contributed by atoms with Gasteiger partial charge in [0, 0.05) is 11.8 Å². The second-order valence-electron chi connectivity index (χ2n) is 5.68. The maximum atomic E-state index is 5.41. The number of anilines is 1. The van der Waals surface area contributed by atoms with Crippen LogP contribution in [0, 0.1) is 0 Å². The van der Waals surface area contributed by atoms with Crippen LogP contribution >= 0.6 is 11.8 Å². The van der Waals surface area contributed by atoms with Crippen molar-refractivity contribution >= 4 is 22.6 Å². The summed E-state index contributed by atoms with van der Waals surface area (Å²) in [6.07, 6.45) is 6.41. The number of nitrogens with zero attached hydrogens (tertiary/aromatic N) is 1. The van der Waals surface area contributed by atoms with E-state index in [0.717, 1.165) is 28.1 Å². The van der Waals surface area contributed by atoms with Crippen molar-refractivity contribution in [2.75, 3.05) is 25.3 Å². The topological polar surface area (TPSA) is 42.9 Å². The van der Waals surface area contributed by atoms with E-state index in [-0.39, 0.29) is 5.54 Å². The lowest BCUT2D eigenvalue weighted by atomic mass is 9.84. The van der Waals surface area contributed by atoms with Gasteiger partial charge in [-0.25, -0.2) is 0 Å². The van der Waals surface area contributed by atoms with E-state index in [4.69, 9.17) is 14.5 Å². The summed E-state index contributed by atoms with van der Waals surface area (Å²) in [5.74, 6) is 2.72. The molecule has 1 aromatic rings. The molecule has 0 atom stereocenters. The van der Waals surface area contributed by atoms with Gasteiger partial charge in [-0.3, -0.25) is 4.99 Å². The number of nitrogens with one attached hydrogen (secondary N) is 1. The van der Waals surface area contributed by atoms with Crippen LogP contribution in [-0.4, -0.2) is 30.7 Å². The molecule has 4 nitrogen and oxygen atoms in total. The van der Waals surface area contributed by atoms with Crippen molar-refractivity contribution in [3.8, 4) is 11.5 Å². The Hall–Kier alpha value is -1.36. The molecule has 1 heterocycles. The molecule has 0 radical (unpaired) electrons. The van der Waals surface area contributed by atoms with Gasteiger partial charge in [0.15, 0.2) is 5.17 Å². The molecule has 114 valence electrons. The number of benzene rings is 1. The highest BCUT2D eigenvalue weighted by molar-refractivity contribution is 8.14. The number of amidine groups is 1. The molecule has 2 aliphatic rings. The van der Waals surface area contributed by atoms with E-state index in [9.17, 15) is 0 Å². The summed E-state index contributed by atoms with van der Waals surface area (Å²) in [4.78, 5) is 4.98. The molecule has 0 unspecified atom stereocenters. The van der Waals surface area contributed by atoms with Gasteiger partial charge in [0.05, 0.1) is 25.4 Å². The summed E-state index contributed by atoms with van der Waals surface area (Å²) in [6, 6.07) is 5.77. The third-order valence-corrected chi connectivity index (χ3v) is 5.40. The zero-order valence-electron chi connectivity index (χ0n) is 12.6. The Bertz CT molecular complexity index is 539. The molecule has 21 heavy (non-hydrogen) atoms. The SMILES string of the molecule is COc1ccc(OC)c(NC2=NC3(CCCCC3)CS2)c1. The van der Waals surface area contributed by atoms with Crippen LogP contribution in [0.25, 0.3) is 0 Å². The number of thioether (sulfide) groups is 1. The van der Waals surface area contributed by atoms with Crippen LogP contribution in [0.2, 0.25) is 0 Å². The average Bonchev–Trinajstić information content (AvgIpc) is 2.90. The molecule has 0 saturated heterocycles. The Labute approximate surface area is 130 Å².